The maximum atomic E-state index is 9.11. The maximum absolute atomic E-state index is 9.11. The van der Waals surface area contributed by atoms with E-state index in [0.717, 1.165) is 30.2 Å². The first-order chi connectivity index (χ1) is 11.4. The number of aliphatic hydroxyl groups excluding tert-OH is 1. The predicted molar refractivity (Wildman–Crippen MR) is 96.5 cm³/mol. The van der Waals surface area contributed by atoms with Gasteiger partial charge in [0.15, 0.2) is 0 Å². The molecule has 0 saturated heterocycles. The second-order valence-corrected chi connectivity index (χ2v) is 6.81. The summed E-state index contributed by atoms with van der Waals surface area (Å²) in [6, 6.07) is 8.25. The number of nitrogens with one attached hydrogen (secondary N) is 1. The topological polar surface area (TPSA) is 59.3 Å². The molecule has 0 unspecified atom stereocenters. The number of nitrogens with zero attached hydrogens (tertiary/aromatic N) is 2. The van der Waals surface area contributed by atoms with Crippen LogP contribution in [0, 0.1) is 13.8 Å². The third-order valence-corrected chi connectivity index (χ3v) is 4.58. The molecule has 132 valence electrons. The molecule has 2 N–H and O–H groups in total. The number of aromatic nitrogens is 2. The van der Waals surface area contributed by atoms with Crippen molar-refractivity contribution in [1.82, 2.24) is 15.1 Å². The smallest absolute Gasteiger partial charge is 0.118 e. The fraction of sp³-hybridized carbons (Fsp3) is 0.526. The third-order valence-electron chi connectivity index (χ3n) is 4.58. The second-order valence-electron chi connectivity index (χ2n) is 6.81. The van der Waals surface area contributed by atoms with Crippen molar-refractivity contribution >= 4 is 0 Å². The molecule has 0 fully saturated rings. The molecule has 1 aromatic heterocycles. The van der Waals surface area contributed by atoms with Crippen LogP contribution in [-0.4, -0.2) is 35.1 Å². The lowest BCUT2D eigenvalue weighted by atomic mass is 9.84. The number of methoxy groups -OCH3 is 1. The largest absolute Gasteiger partial charge is 0.497 e. The monoisotopic (exact) mass is 331 g/mol. The molecule has 0 bridgehead atoms. The van der Waals surface area contributed by atoms with E-state index in [-0.39, 0.29) is 12.0 Å². The van der Waals surface area contributed by atoms with Gasteiger partial charge < -0.3 is 15.2 Å². The quantitative estimate of drug-likeness (QED) is 0.780. The van der Waals surface area contributed by atoms with E-state index >= 15 is 0 Å². The molecule has 0 saturated carbocycles. The van der Waals surface area contributed by atoms with E-state index in [0.29, 0.717) is 6.54 Å². The Kier molecular flexibility index (Phi) is 6.02. The van der Waals surface area contributed by atoms with Gasteiger partial charge in [-0.15, -0.1) is 0 Å². The van der Waals surface area contributed by atoms with Gasteiger partial charge in [-0.3, -0.25) is 4.68 Å². The standard InChI is InChI=1S/C19H29N3O2/c1-14-18(15(2)22(21-14)10-11-23)12-20-13-19(3,4)16-6-8-17(24-5)9-7-16/h6-9,20,23H,10-13H2,1-5H3. The first-order valence-electron chi connectivity index (χ1n) is 8.38. The van der Waals surface area contributed by atoms with Gasteiger partial charge in [0.1, 0.15) is 5.75 Å². The maximum Gasteiger partial charge on any atom is 0.118 e. The number of aryl methyl sites for hydroxylation is 1. The minimum atomic E-state index is 0.0230. The normalized spacial score (nSPS) is 11.8. The van der Waals surface area contributed by atoms with Crippen molar-refractivity contribution in [3.8, 4) is 5.75 Å². The van der Waals surface area contributed by atoms with Crippen LogP contribution >= 0.6 is 0 Å². The Labute approximate surface area is 144 Å². The molecular formula is C19H29N3O2. The van der Waals surface area contributed by atoms with Crippen LogP contribution in [-0.2, 0) is 18.5 Å². The van der Waals surface area contributed by atoms with E-state index in [9.17, 15) is 0 Å². The van der Waals surface area contributed by atoms with E-state index in [1.807, 2.05) is 23.7 Å². The number of hydrogen-bond acceptors (Lipinski definition) is 4. The molecule has 0 atom stereocenters. The number of aliphatic hydroxyl groups is 1. The van der Waals surface area contributed by atoms with E-state index in [1.54, 1.807) is 7.11 Å². The molecule has 0 spiro atoms. The number of hydrogen-bond donors (Lipinski definition) is 2. The molecule has 0 amide bonds. The summed E-state index contributed by atoms with van der Waals surface area (Å²) in [5.74, 6) is 0.880. The first-order valence-corrected chi connectivity index (χ1v) is 8.38. The van der Waals surface area contributed by atoms with Crippen LogP contribution < -0.4 is 10.1 Å². The summed E-state index contributed by atoms with van der Waals surface area (Å²) in [4.78, 5) is 0. The van der Waals surface area contributed by atoms with E-state index in [1.165, 1.54) is 11.1 Å². The highest BCUT2D eigenvalue weighted by Crippen LogP contribution is 2.25. The highest BCUT2D eigenvalue weighted by Gasteiger charge is 2.21. The lowest BCUT2D eigenvalue weighted by Crippen LogP contribution is -2.32. The van der Waals surface area contributed by atoms with Gasteiger partial charge >= 0.3 is 0 Å². The van der Waals surface area contributed by atoms with Gasteiger partial charge in [0.05, 0.1) is 26.0 Å². The number of rotatable bonds is 8. The minimum absolute atomic E-state index is 0.0230. The zero-order chi connectivity index (χ0) is 17.7. The van der Waals surface area contributed by atoms with Crippen molar-refractivity contribution in [3.05, 3.63) is 46.8 Å². The molecule has 1 heterocycles. The van der Waals surface area contributed by atoms with Gasteiger partial charge in [-0.1, -0.05) is 26.0 Å². The summed E-state index contributed by atoms with van der Waals surface area (Å²) in [7, 11) is 1.68. The van der Waals surface area contributed by atoms with E-state index in [4.69, 9.17) is 9.84 Å². The van der Waals surface area contributed by atoms with Crippen molar-refractivity contribution in [2.75, 3.05) is 20.3 Å². The fourth-order valence-electron chi connectivity index (χ4n) is 2.95. The Bertz CT molecular complexity index is 660. The van der Waals surface area contributed by atoms with Gasteiger partial charge in [-0.25, -0.2) is 0 Å². The molecule has 0 radical (unpaired) electrons. The number of benzene rings is 1. The minimum Gasteiger partial charge on any atom is -0.497 e. The molecule has 5 nitrogen and oxygen atoms in total. The number of ether oxygens (including phenoxy) is 1. The predicted octanol–water partition coefficient (Wildman–Crippen LogP) is 2.57. The van der Waals surface area contributed by atoms with Crippen LogP contribution in [0.5, 0.6) is 5.75 Å². The summed E-state index contributed by atoms with van der Waals surface area (Å²) in [5, 5.41) is 17.2. The van der Waals surface area contributed by atoms with Crippen LogP contribution in [0.1, 0.15) is 36.4 Å². The summed E-state index contributed by atoms with van der Waals surface area (Å²) in [6.45, 7) is 10.8. The van der Waals surface area contributed by atoms with Gasteiger partial charge in [-0.05, 0) is 31.5 Å². The second kappa shape index (κ2) is 7.81. The molecule has 0 aliphatic heterocycles. The molecule has 2 rings (SSSR count). The lowest BCUT2D eigenvalue weighted by Gasteiger charge is -2.26. The molecule has 0 aliphatic rings. The fourth-order valence-corrected chi connectivity index (χ4v) is 2.95. The molecule has 5 heteroatoms. The van der Waals surface area contributed by atoms with Gasteiger partial charge in [0.25, 0.3) is 0 Å². The van der Waals surface area contributed by atoms with Crippen molar-refractivity contribution in [1.29, 1.82) is 0 Å². The van der Waals surface area contributed by atoms with Gasteiger partial charge in [0, 0.05) is 29.8 Å². The van der Waals surface area contributed by atoms with Crippen LogP contribution in [0.4, 0.5) is 0 Å². The summed E-state index contributed by atoms with van der Waals surface area (Å²) < 4.78 is 7.10. The summed E-state index contributed by atoms with van der Waals surface area (Å²) >= 11 is 0. The molecule has 2 aromatic rings. The van der Waals surface area contributed by atoms with Crippen molar-refractivity contribution in [2.24, 2.45) is 0 Å². The molecule has 24 heavy (non-hydrogen) atoms. The van der Waals surface area contributed by atoms with Crippen molar-refractivity contribution < 1.29 is 9.84 Å². The summed E-state index contributed by atoms with van der Waals surface area (Å²) in [6.07, 6.45) is 0. The summed E-state index contributed by atoms with van der Waals surface area (Å²) in [5.41, 5.74) is 4.66. The van der Waals surface area contributed by atoms with Crippen LogP contribution in [0.25, 0.3) is 0 Å². The highest BCUT2D eigenvalue weighted by molar-refractivity contribution is 5.32. The average Bonchev–Trinajstić information content (AvgIpc) is 2.82. The Morgan fingerprint density at radius 3 is 2.46 bits per heavy atom. The third kappa shape index (κ3) is 4.16. The Morgan fingerprint density at radius 1 is 1.21 bits per heavy atom. The van der Waals surface area contributed by atoms with Crippen molar-refractivity contribution in [2.45, 2.75) is 46.2 Å². The Balaban J connectivity index is 1.99. The average molecular weight is 331 g/mol. The van der Waals surface area contributed by atoms with Gasteiger partial charge in [0.2, 0.25) is 0 Å². The Morgan fingerprint density at radius 2 is 1.88 bits per heavy atom. The zero-order valence-electron chi connectivity index (χ0n) is 15.4. The van der Waals surface area contributed by atoms with E-state index in [2.05, 4.69) is 43.3 Å². The SMILES string of the molecule is COc1ccc(C(C)(C)CNCc2c(C)nn(CCO)c2C)cc1. The van der Waals surface area contributed by atoms with E-state index < -0.39 is 0 Å². The lowest BCUT2D eigenvalue weighted by molar-refractivity contribution is 0.267. The van der Waals surface area contributed by atoms with Crippen molar-refractivity contribution in [3.63, 3.8) is 0 Å². The zero-order valence-corrected chi connectivity index (χ0v) is 15.4. The van der Waals surface area contributed by atoms with Gasteiger partial charge in [-0.2, -0.15) is 5.10 Å². The highest BCUT2D eigenvalue weighted by atomic mass is 16.5. The molecule has 0 aliphatic carbocycles. The van der Waals surface area contributed by atoms with Crippen LogP contribution in [0.3, 0.4) is 0 Å². The molecule has 1 aromatic carbocycles. The van der Waals surface area contributed by atoms with Crippen LogP contribution in [0.2, 0.25) is 0 Å². The Hall–Kier alpha value is -1.85. The first kappa shape index (κ1) is 18.5. The molecular weight excluding hydrogens is 302 g/mol. The van der Waals surface area contributed by atoms with Crippen LogP contribution in [0.15, 0.2) is 24.3 Å².